The average molecular weight is 635 g/mol. The summed E-state index contributed by atoms with van der Waals surface area (Å²) in [7, 11) is 0. The van der Waals surface area contributed by atoms with Crippen molar-refractivity contribution in [1.29, 1.82) is 0 Å². The van der Waals surface area contributed by atoms with Crippen LogP contribution in [-0.4, -0.2) is 35.9 Å². The SMILES string of the molecule is CC(=NNC(=O)c1cc(-c2ccc3c(c2)OCO3)nc2ccccc12)c1cccc(NC(=O)CCCOc2ccc(Cl)cc2C)c1. The normalized spacial score (nSPS) is 12.2. The van der Waals surface area contributed by atoms with Gasteiger partial charge >= 0.3 is 0 Å². The molecule has 0 fully saturated rings. The number of fused-ring (bicyclic) bond motifs is 2. The average Bonchev–Trinajstić information content (AvgIpc) is 3.54. The highest BCUT2D eigenvalue weighted by molar-refractivity contribution is 6.30. The number of anilines is 1. The Bertz CT molecular complexity index is 1980. The number of carbonyl (C=O) groups is 2. The van der Waals surface area contributed by atoms with Crippen molar-refractivity contribution in [3.8, 4) is 28.5 Å². The minimum absolute atomic E-state index is 0.126. The summed E-state index contributed by atoms with van der Waals surface area (Å²) in [4.78, 5) is 30.8. The molecule has 0 spiro atoms. The van der Waals surface area contributed by atoms with Gasteiger partial charge in [-0.3, -0.25) is 9.59 Å². The van der Waals surface area contributed by atoms with Gasteiger partial charge in [-0.15, -0.1) is 0 Å². The van der Waals surface area contributed by atoms with E-state index in [1.165, 1.54) is 0 Å². The van der Waals surface area contributed by atoms with E-state index in [4.69, 9.17) is 30.8 Å². The number of pyridine rings is 1. The largest absolute Gasteiger partial charge is 0.493 e. The first-order valence-electron chi connectivity index (χ1n) is 14.8. The maximum atomic E-state index is 13.5. The van der Waals surface area contributed by atoms with Gasteiger partial charge in [0.25, 0.3) is 5.91 Å². The van der Waals surface area contributed by atoms with Crippen LogP contribution in [0.2, 0.25) is 5.02 Å². The number of hydrogen-bond acceptors (Lipinski definition) is 7. The number of aryl methyl sites for hydroxylation is 1. The number of nitrogens with one attached hydrogen (secondary N) is 2. The molecule has 0 saturated carbocycles. The molecule has 6 rings (SSSR count). The van der Waals surface area contributed by atoms with Crippen LogP contribution in [-0.2, 0) is 4.79 Å². The van der Waals surface area contributed by atoms with Crippen LogP contribution in [0.4, 0.5) is 5.69 Å². The number of halogens is 1. The van der Waals surface area contributed by atoms with Crippen LogP contribution in [0.3, 0.4) is 0 Å². The molecule has 1 aliphatic heterocycles. The molecular formula is C36H31ClN4O5. The first kappa shape index (κ1) is 30.6. The minimum Gasteiger partial charge on any atom is -0.493 e. The van der Waals surface area contributed by atoms with E-state index < -0.39 is 0 Å². The Labute approximate surface area is 271 Å². The Kier molecular flexibility index (Phi) is 9.12. The number of carbonyl (C=O) groups excluding carboxylic acids is 2. The second-order valence-electron chi connectivity index (χ2n) is 10.8. The molecule has 2 heterocycles. The molecule has 2 amide bonds. The number of nitrogens with zero attached hydrogens (tertiary/aromatic N) is 2. The maximum Gasteiger partial charge on any atom is 0.272 e. The quantitative estimate of drug-likeness (QED) is 0.0932. The molecule has 0 saturated heterocycles. The first-order chi connectivity index (χ1) is 22.3. The number of aromatic nitrogens is 1. The van der Waals surface area contributed by atoms with Crippen molar-refractivity contribution in [3.63, 3.8) is 0 Å². The predicted molar refractivity (Wildman–Crippen MR) is 179 cm³/mol. The third-order valence-electron chi connectivity index (χ3n) is 7.46. The summed E-state index contributed by atoms with van der Waals surface area (Å²) in [6.07, 6.45) is 0.855. The Morgan fingerprint density at radius 3 is 2.67 bits per heavy atom. The third-order valence-corrected chi connectivity index (χ3v) is 7.70. The Morgan fingerprint density at radius 2 is 1.80 bits per heavy atom. The van der Waals surface area contributed by atoms with Gasteiger partial charge in [0.05, 0.1) is 29.1 Å². The molecule has 0 radical (unpaired) electrons. The Balaban J connectivity index is 1.10. The molecular weight excluding hydrogens is 604 g/mol. The Morgan fingerprint density at radius 1 is 0.957 bits per heavy atom. The molecule has 10 heteroatoms. The van der Waals surface area contributed by atoms with Crippen LogP contribution in [0, 0.1) is 6.92 Å². The highest BCUT2D eigenvalue weighted by atomic mass is 35.5. The highest BCUT2D eigenvalue weighted by Crippen LogP contribution is 2.36. The smallest absolute Gasteiger partial charge is 0.272 e. The lowest BCUT2D eigenvalue weighted by atomic mass is 10.0. The topological polar surface area (TPSA) is 111 Å². The molecule has 0 atom stereocenters. The number of hydrogen-bond donors (Lipinski definition) is 2. The van der Waals surface area contributed by atoms with Crippen LogP contribution in [0.25, 0.3) is 22.2 Å². The van der Waals surface area contributed by atoms with Crippen LogP contribution < -0.4 is 25.0 Å². The van der Waals surface area contributed by atoms with E-state index >= 15 is 0 Å². The lowest BCUT2D eigenvalue weighted by Gasteiger charge is -2.11. The number of para-hydroxylation sites is 1. The van der Waals surface area contributed by atoms with Crippen molar-refractivity contribution in [1.82, 2.24) is 10.4 Å². The fourth-order valence-corrected chi connectivity index (χ4v) is 5.29. The van der Waals surface area contributed by atoms with E-state index in [-0.39, 0.29) is 18.6 Å². The summed E-state index contributed by atoms with van der Waals surface area (Å²) in [5.41, 5.74) is 8.13. The van der Waals surface area contributed by atoms with E-state index in [0.29, 0.717) is 69.5 Å². The van der Waals surface area contributed by atoms with Crippen molar-refractivity contribution in [3.05, 3.63) is 113 Å². The monoisotopic (exact) mass is 634 g/mol. The zero-order valence-corrected chi connectivity index (χ0v) is 26.1. The van der Waals surface area contributed by atoms with Gasteiger partial charge < -0.3 is 19.5 Å². The van der Waals surface area contributed by atoms with Gasteiger partial charge in [0.15, 0.2) is 11.5 Å². The second kappa shape index (κ2) is 13.7. The summed E-state index contributed by atoms with van der Waals surface area (Å²) in [5, 5.41) is 8.66. The molecule has 1 aromatic heterocycles. The van der Waals surface area contributed by atoms with E-state index in [1.54, 1.807) is 19.1 Å². The molecule has 0 bridgehead atoms. The fourth-order valence-electron chi connectivity index (χ4n) is 5.06. The minimum atomic E-state index is -0.375. The molecule has 232 valence electrons. The fraction of sp³-hybridized carbons (Fsp3) is 0.167. The summed E-state index contributed by atoms with van der Waals surface area (Å²) in [5.74, 6) is 1.56. The van der Waals surface area contributed by atoms with E-state index in [0.717, 1.165) is 22.4 Å². The van der Waals surface area contributed by atoms with Gasteiger partial charge in [-0.05, 0) is 92.1 Å². The summed E-state index contributed by atoms with van der Waals surface area (Å²) >= 11 is 6.00. The van der Waals surface area contributed by atoms with Crippen molar-refractivity contribution in [2.45, 2.75) is 26.7 Å². The predicted octanol–water partition coefficient (Wildman–Crippen LogP) is 7.54. The number of ether oxygens (including phenoxy) is 3. The summed E-state index contributed by atoms with van der Waals surface area (Å²) in [6.45, 7) is 4.30. The lowest BCUT2D eigenvalue weighted by molar-refractivity contribution is -0.116. The molecule has 0 aliphatic carbocycles. The van der Waals surface area contributed by atoms with Gasteiger partial charge in [0.2, 0.25) is 12.7 Å². The standard InChI is InChI=1S/C36H31ClN4O5/c1-22-17-26(37)13-15-32(22)44-16-6-11-35(42)38-27-8-5-7-24(18-27)23(2)40-41-36(43)29-20-31(39-30-10-4-3-9-28(29)30)25-12-14-33-34(19-25)46-21-45-33/h3-5,7-10,12-15,17-20H,6,11,16,21H2,1-2H3,(H,38,42)(H,41,43). The van der Waals surface area contributed by atoms with Crippen molar-refractivity contribution in [2.75, 3.05) is 18.7 Å². The second-order valence-corrected chi connectivity index (χ2v) is 11.2. The van der Waals surface area contributed by atoms with E-state index in [9.17, 15) is 9.59 Å². The van der Waals surface area contributed by atoms with E-state index in [2.05, 4.69) is 15.8 Å². The molecule has 46 heavy (non-hydrogen) atoms. The van der Waals surface area contributed by atoms with Crippen LogP contribution >= 0.6 is 11.6 Å². The molecule has 0 unspecified atom stereocenters. The van der Waals surface area contributed by atoms with Gasteiger partial charge in [0.1, 0.15) is 5.75 Å². The first-order valence-corrected chi connectivity index (χ1v) is 15.2. The molecule has 1 aliphatic rings. The zero-order valence-electron chi connectivity index (χ0n) is 25.3. The summed E-state index contributed by atoms with van der Waals surface area (Å²) < 4.78 is 16.7. The lowest BCUT2D eigenvalue weighted by Crippen LogP contribution is -2.20. The molecule has 5 aromatic rings. The van der Waals surface area contributed by atoms with Crippen molar-refractivity contribution < 1.29 is 23.8 Å². The van der Waals surface area contributed by atoms with E-state index in [1.807, 2.05) is 85.8 Å². The molecule has 2 N–H and O–H groups in total. The van der Waals surface area contributed by atoms with Crippen LogP contribution in [0.5, 0.6) is 17.2 Å². The number of hydrazone groups is 1. The maximum absolute atomic E-state index is 13.5. The van der Waals surface area contributed by atoms with Crippen LogP contribution in [0.1, 0.15) is 41.3 Å². The number of benzene rings is 4. The number of amides is 2. The molecule has 4 aromatic carbocycles. The van der Waals surface area contributed by atoms with Gasteiger partial charge in [-0.25, -0.2) is 10.4 Å². The zero-order chi connectivity index (χ0) is 32.0. The van der Waals surface area contributed by atoms with Crippen LogP contribution in [0.15, 0.2) is 96.1 Å². The van der Waals surface area contributed by atoms with Gasteiger partial charge in [-0.1, -0.05) is 41.9 Å². The van der Waals surface area contributed by atoms with Gasteiger partial charge in [0, 0.05) is 28.1 Å². The highest BCUT2D eigenvalue weighted by Gasteiger charge is 2.18. The number of rotatable bonds is 10. The van der Waals surface area contributed by atoms with Crippen molar-refractivity contribution >= 4 is 45.7 Å². The molecule has 9 nitrogen and oxygen atoms in total. The van der Waals surface area contributed by atoms with Gasteiger partial charge in [-0.2, -0.15) is 5.10 Å². The summed E-state index contributed by atoms with van der Waals surface area (Å²) in [6, 6.07) is 27.5. The third kappa shape index (κ3) is 7.11. The van der Waals surface area contributed by atoms with Crippen molar-refractivity contribution in [2.24, 2.45) is 5.10 Å². The Hall–Kier alpha value is -5.41.